The van der Waals surface area contributed by atoms with Crippen molar-refractivity contribution in [2.75, 3.05) is 13.7 Å². The predicted molar refractivity (Wildman–Crippen MR) is 123 cm³/mol. The summed E-state index contributed by atoms with van der Waals surface area (Å²) in [6.07, 6.45) is 5.00. The Morgan fingerprint density at radius 1 is 1.00 bits per heavy atom. The maximum absolute atomic E-state index is 13.5. The Balaban J connectivity index is 1.43. The number of hydrogen-bond donors (Lipinski definition) is 0. The Hall–Kier alpha value is -2.18. The van der Waals surface area contributed by atoms with Crippen molar-refractivity contribution < 1.29 is 17.9 Å². The third-order valence-electron chi connectivity index (χ3n) is 7.97. The standard InChI is InChI=1S/C26H31NO4S/c1-31-20-12-10-18(11-13-20)16-23-22-8-5-9-24-26(22)19(17-25(23)28)14-15-27(24)32(29,30)21-6-3-2-4-7-21/h2-4,6-7,10-13,19,22-24,26H,5,8-9,14-17H2,1H3/t19-,22+,23+,24+,26+/m1/s1. The zero-order valence-corrected chi connectivity index (χ0v) is 19.3. The maximum atomic E-state index is 13.5. The normalized spacial score (nSPS) is 30.5. The van der Waals surface area contributed by atoms with Crippen molar-refractivity contribution in [3.63, 3.8) is 0 Å². The number of nitrogens with zero attached hydrogens (tertiary/aromatic N) is 1. The minimum atomic E-state index is -3.53. The highest BCUT2D eigenvalue weighted by molar-refractivity contribution is 7.89. The summed E-state index contributed by atoms with van der Waals surface area (Å²) in [7, 11) is -1.87. The largest absolute Gasteiger partial charge is 0.497 e. The van der Waals surface area contributed by atoms with Crippen LogP contribution in [0, 0.1) is 23.7 Å². The number of carbonyl (C=O) groups is 1. The summed E-state index contributed by atoms with van der Waals surface area (Å²) >= 11 is 0. The van der Waals surface area contributed by atoms with E-state index in [1.165, 1.54) is 0 Å². The topological polar surface area (TPSA) is 63.7 Å². The van der Waals surface area contributed by atoms with Crippen LogP contribution < -0.4 is 4.74 Å². The second-order valence-electron chi connectivity index (χ2n) is 9.55. The van der Waals surface area contributed by atoms with Gasteiger partial charge in [-0.05, 0) is 73.3 Å². The third kappa shape index (κ3) is 3.77. The third-order valence-corrected chi connectivity index (χ3v) is 9.91. The minimum absolute atomic E-state index is 0.00386. The molecule has 0 radical (unpaired) electrons. The van der Waals surface area contributed by atoms with E-state index < -0.39 is 10.0 Å². The number of hydrogen-bond acceptors (Lipinski definition) is 4. The molecule has 1 heterocycles. The van der Waals surface area contributed by atoms with Crippen molar-refractivity contribution in [2.24, 2.45) is 23.7 Å². The van der Waals surface area contributed by atoms with E-state index in [9.17, 15) is 13.2 Å². The fourth-order valence-electron chi connectivity index (χ4n) is 6.55. The molecule has 0 amide bonds. The summed E-state index contributed by atoms with van der Waals surface area (Å²) in [6.45, 7) is 0.520. The number of carbonyl (C=O) groups excluding carboxylic acids is 1. The molecule has 0 spiro atoms. The second-order valence-corrected chi connectivity index (χ2v) is 11.4. The van der Waals surface area contributed by atoms with Gasteiger partial charge in [0.15, 0.2) is 0 Å². The highest BCUT2D eigenvalue weighted by Crippen LogP contribution is 2.52. The van der Waals surface area contributed by atoms with Gasteiger partial charge in [0, 0.05) is 24.9 Å². The van der Waals surface area contributed by atoms with Crippen LogP contribution >= 0.6 is 0 Å². The molecule has 3 fully saturated rings. The van der Waals surface area contributed by atoms with Crippen LogP contribution in [-0.4, -0.2) is 38.2 Å². The number of sulfonamides is 1. The average Bonchev–Trinajstić information content (AvgIpc) is 2.82. The Bertz CT molecular complexity index is 1070. The molecule has 6 heteroatoms. The smallest absolute Gasteiger partial charge is 0.243 e. The second kappa shape index (κ2) is 8.64. The van der Waals surface area contributed by atoms with E-state index in [-0.39, 0.29) is 23.8 Å². The molecule has 32 heavy (non-hydrogen) atoms. The molecule has 5 rings (SSSR count). The lowest BCUT2D eigenvalue weighted by molar-refractivity contribution is -0.136. The molecule has 0 aromatic heterocycles. The number of methoxy groups -OCH3 is 1. The van der Waals surface area contributed by atoms with Gasteiger partial charge in [-0.15, -0.1) is 0 Å². The summed E-state index contributed by atoms with van der Waals surface area (Å²) in [5, 5.41) is 0. The Morgan fingerprint density at radius 2 is 1.75 bits per heavy atom. The Kier molecular flexibility index (Phi) is 5.84. The number of ketones is 1. The van der Waals surface area contributed by atoms with Gasteiger partial charge in [0.05, 0.1) is 12.0 Å². The molecule has 2 saturated carbocycles. The van der Waals surface area contributed by atoms with Gasteiger partial charge in [-0.1, -0.05) is 36.8 Å². The minimum Gasteiger partial charge on any atom is -0.497 e. The number of rotatable bonds is 5. The lowest BCUT2D eigenvalue weighted by Crippen LogP contribution is -2.59. The first kappa shape index (κ1) is 21.7. The molecule has 0 unspecified atom stereocenters. The van der Waals surface area contributed by atoms with Crippen molar-refractivity contribution in [3.8, 4) is 5.75 Å². The highest BCUT2D eigenvalue weighted by Gasteiger charge is 2.53. The molecule has 3 aliphatic rings. The molecule has 5 atom stereocenters. The van der Waals surface area contributed by atoms with Crippen LogP contribution in [0.4, 0.5) is 0 Å². The van der Waals surface area contributed by atoms with Gasteiger partial charge in [0.2, 0.25) is 10.0 Å². The van der Waals surface area contributed by atoms with Gasteiger partial charge in [-0.2, -0.15) is 4.31 Å². The van der Waals surface area contributed by atoms with Crippen LogP contribution in [0.25, 0.3) is 0 Å². The Labute approximate surface area is 190 Å². The SMILES string of the molecule is COc1ccc(C[C@@H]2C(=O)C[C@H]3CCN(S(=O)(=O)c4ccccc4)[C@H]4CCC[C@@H]2[C@H]34)cc1. The molecule has 1 aliphatic heterocycles. The first-order valence-electron chi connectivity index (χ1n) is 11.7. The van der Waals surface area contributed by atoms with Crippen LogP contribution in [0.1, 0.15) is 37.7 Å². The van der Waals surface area contributed by atoms with Gasteiger partial charge in [0.1, 0.15) is 11.5 Å². The molecule has 5 nitrogen and oxygen atoms in total. The van der Waals surface area contributed by atoms with Crippen molar-refractivity contribution in [2.45, 2.75) is 49.5 Å². The summed E-state index contributed by atoms with van der Waals surface area (Å²) in [5.41, 5.74) is 1.15. The van der Waals surface area contributed by atoms with Crippen LogP contribution in [0.15, 0.2) is 59.5 Å². The van der Waals surface area contributed by atoms with Crippen molar-refractivity contribution >= 4 is 15.8 Å². The molecule has 0 bridgehead atoms. The fourth-order valence-corrected chi connectivity index (χ4v) is 8.27. The molecule has 2 aromatic carbocycles. The Morgan fingerprint density at radius 3 is 2.47 bits per heavy atom. The van der Waals surface area contributed by atoms with Gasteiger partial charge < -0.3 is 4.74 Å². The summed E-state index contributed by atoms with van der Waals surface area (Å²) in [4.78, 5) is 13.6. The zero-order valence-electron chi connectivity index (χ0n) is 18.5. The maximum Gasteiger partial charge on any atom is 0.243 e. The molecule has 1 saturated heterocycles. The summed E-state index contributed by atoms with van der Waals surface area (Å²) in [5.74, 6) is 2.01. The molecule has 0 N–H and O–H groups in total. The number of piperidine rings is 1. The first-order chi connectivity index (χ1) is 15.5. The van der Waals surface area contributed by atoms with Gasteiger partial charge in [-0.3, -0.25) is 4.79 Å². The molecule has 170 valence electrons. The average molecular weight is 454 g/mol. The summed E-state index contributed by atoms with van der Waals surface area (Å²) < 4.78 is 34.1. The van der Waals surface area contributed by atoms with E-state index in [4.69, 9.17) is 4.74 Å². The summed E-state index contributed by atoms with van der Waals surface area (Å²) in [6, 6.07) is 16.8. The molecular weight excluding hydrogens is 422 g/mol. The van der Waals surface area contributed by atoms with Crippen LogP contribution in [0.3, 0.4) is 0 Å². The number of Topliss-reactive ketones (excluding diaryl/α,β-unsaturated/α-hetero) is 1. The van der Waals surface area contributed by atoms with E-state index in [0.29, 0.717) is 29.6 Å². The molecule has 2 aliphatic carbocycles. The monoisotopic (exact) mass is 453 g/mol. The van der Waals surface area contributed by atoms with E-state index in [2.05, 4.69) is 0 Å². The van der Waals surface area contributed by atoms with Crippen LogP contribution in [0.5, 0.6) is 5.75 Å². The molecule has 2 aromatic rings. The van der Waals surface area contributed by atoms with Crippen molar-refractivity contribution in [1.82, 2.24) is 4.31 Å². The van der Waals surface area contributed by atoms with E-state index in [1.54, 1.807) is 35.7 Å². The highest BCUT2D eigenvalue weighted by atomic mass is 32.2. The predicted octanol–water partition coefficient (Wildman–Crippen LogP) is 4.32. The van der Waals surface area contributed by atoms with Gasteiger partial charge in [0.25, 0.3) is 0 Å². The first-order valence-corrected chi connectivity index (χ1v) is 13.2. The number of ether oxygens (including phenoxy) is 1. The van der Waals surface area contributed by atoms with E-state index in [1.807, 2.05) is 30.3 Å². The zero-order chi connectivity index (χ0) is 22.3. The van der Waals surface area contributed by atoms with Gasteiger partial charge in [-0.25, -0.2) is 8.42 Å². The lowest BCUT2D eigenvalue weighted by atomic mass is 9.56. The van der Waals surface area contributed by atoms with Crippen LogP contribution in [-0.2, 0) is 21.2 Å². The van der Waals surface area contributed by atoms with Crippen LogP contribution in [0.2, 0.25) is 0 Å². The van der Waals surface area contributed by atoms with Crippen molar-refractivity contribution in [1.29, 1.82) is 0 Å². The fraction of sp³-hybridized carbons (Fsp3) is 0.500. The number of benzene rings is 2. The lowest BCUT2D eigenvalue weighted by Gasteiger charge is -2.54. The van der Waals surface area contributed by atoms with Gasteiger partial charge >= 0.3 is 0 Å². The quantitative estimate of drug-likeness (QED) is 0.676. The van der Waals surface area contributed by atoms with E-state index >= 15 is 0 Å². The molecular formula is C26H31NO4S. The van der Waals surface area contributed by atoms with Crippen molar-refractivity contribution in [3.05, 3.63) is 60.2 Å². The van der Waals surface area contributed by atoms with E-state index in [0.717, 1.165) is 43.4 Å².